The van der Waals surface area contributed by atoms with Crippen molar-refractivity contribution in [2.45, 2.75) is 16.7 Å². The predicted octanol–water partition coefficient (Wildman–Crippen LogP) is 2.57. The Hall–Kier alpha value is -2.25. The Morgan fingerprint density at radius 1 is 1.25 bits per heavy atom. The van der Waals surface area contributed by atoms with Gasteiger partial charge in [-0.1, -0.05) is 17.8 Å². The molecule has 0 bridgehead atoms. The first kappa shape index (κ1) is 22.9. The Morgan fingerprint density at radius 3 is 2.81 bits per heavy atom. The number of rotatable bonds is 8. The number of sulfonamides is 1. The summed E-state index contributed by atoms with van der Waals surface area (Å²) in [6, 6.07) is 8.40. The topological polar surface area (TPSA) is 106 Å². The number of morpholine rings is 1. The number of carbonyl (C=O) groups excluding carboxylic acids is 1. The normalized spacial score (nSPS) is 15.0. The van der Waals surface area contributed by atoms with Crippen LogP contribution >= 0.6 is 23.1 Å². The Morgan fingerprint density at radius 2 is 2.06 bits per heavy atom. The van der Waals surface area contributed by atoms with Crippen molar-refractivity contribution in [1.82, 2.24) is 19.4 Å². The maximum atomic E-state index is 12.9. The van der Waals surface area contributed by atoms with E-state index in [1.807, 2.05) is 16.8 Å². The first-order valence-corrected chi connectivity index (χ1v) is 13.2. The molecule has 0 spiro atoms. The third-order valence-electron chi connectivity index (χ3n) is 4.84. The molecule has 170 valence electrons. The van der Waals surface area contributed by atoms with Gasteiger partial charge in [-0.15, -0.1) is 10.2 Å². The van der Waals surface area contributed by atoms with Gasteiger partial charge < -0.3 is 14.1 Å². The highest BCUT2D eigenvalue weighted by molar-refractivity contribution is 7.99. The van der Waals surface area contributed by atoms with Crippen LogP contribution in [0, 0.1) is 0 Å². The number of thiophene rings is 1. The molecule has 1 saturated heterocycles. The summed E-state index contributed by atoms with van der Waals surface area (Å²) in [4.78, 5) is 14.2. The van der Waals surface area contributed by atoms with E-state index in [1.54, 1.807) is 41.5 Å². The number of thioether (sulfide) groups is 1. The zero-order valence-corrected chi connectivity index (χ0v) is 19.8. The molecule has 32 heavy (non-hydrogen) atoms. The van der Waals surface area contributed by atoms with E-state index in [0.717, 1.165) is 17.3 Å². The number of carbonyl (C=O) groups is 1. The van der Waals surface area contributed by atoms with Crippen molar-refractivity contribution >= 4 is 39.0 Å². The number of nitrogens with zero attached hydrogens (tertiary/aromatic N) is 4. The van der Waals surface area contributed by atoms with Gasteiger partial charge in [0.1, 0.15) is 0 Å². The Bertz CT molecular complexity index is 1160. The van der Waals surface area contributed by atoms with Crippen molar-refractivity contribution in [3.63, 3.8) is 0 Å². The molecule has 0 atom stereocenters. The van der Waals surface area contributed by atoms with Gasteiger partial charge in [-0.25, -0.2) is 8.42 Å². The molecule has 1 aliphatic rings. The smallest absolute Gasteiger partial charge is 0.277 e. The van der Waals surface area contributed by atoms with E-state index in [1.165, 1.54) is 10.4 Å². The molecule has 0 aliphatic carbocycles. The summed E-state index contributed by atoms with van der Waals surface area (Å²) >= 11 is 2.74. The summed E-state index contributed by atoms with van der Waals surface area (Å²) in [6.07, 6.45) is 0. The molecule has 0 N–H and O–H groups in total. The third-order valence-corrected chi connectivity index (χ3v) is 8.27. The minimum Gasteiger partial charge on any atom is -0.411 e. The van der Waals surface area contributed by atoms with Crippen LogP contribution in [-0.2, 0) is 26.1 Å². The zero-order valence-electron chi connectivity index (χ0n) is 17.3. The van der Waals surface area contributed by atoms with Crippen LogP contribution in [0.5, 0.6) is 0 Å². The van der Waals surface area contributed by atoms with Gasteiger partial charge in [0.05, 0.1) is 23.9 Å². The van der Waals surface area contributed by atoms with Gasteiger partial charge in [-0.05, 0) is 40.6 Å². The first-order chi connectivity index (χ1) is 15.4. The largest absolute Gasteiger partial charge is 0.411 e. The van der Waals surface area contributed by atoms with Crippen LogP contribution in [0.4, 0.5) is 0 Å². The molecule has 12 heteroatoms. The highest BCUT2D eigenvalue weighted by Gasteiger charge is 2.27. The van der Waals surface area contributed by atoms with Gasteiger partial charge in [-0.2, -0.15) is 15.6 Å². The van der Waals surface area contributed by atoms with Gasteiger partial charge in [0.2, 0.25) is 21.8 Å². The lowest BCUT2D eigenvalue weighted by Gasteiger charge is -2.26. The lowest BCUT2D eigenvalue weighted by Crippen LogP contribution is -2.40. The fourth-order valence-electron chi connectivity index (χ4n) is 3.09. The molecular formula is C20H22N4O5S3. The second-order valence-electron chi connectivity index (χ2n) is 7.09. The first-order valence-electron chi connectivity index (χ1n) is 9.83. The third kappa shape index (κ3) is 5.38. The number of amides is 1. The van der Waals surface area contributed by atoms with Crippen LogP contribution in [0.3, 0.4) is 0 Å². The summed E-state index contributed by atoms with van der Waals surface area (Å²) < 4.78 is 38.1. The van der Waals surface area contributed by atoms with Crippen LogP contribution in [0.25, 0.3) is 11.5 Å². The van der Waals surface area contributed by atoms with Crippen LogP contribution in [0.1, 0.15) is 5.56 Å². The van der Waals surface area contributed by atoms with Crippen molar-refractivity contribution in [3.8, 4) is 11.5 Å². The van der Waals surface area contributed by atoms with Crippen molar-refractivity contribution in [2.75, 3.05) is 39.1 Å². The van der Waals surface area contributed by atoms with Crippen LogP contribution in [-0.4, -0.2) is 72.8 Å². The molecule has 9 nitrogen and oxygen atoms in total. The molecule has 3 aromatic rings. The lowest BCUT2D eigenvalue weighted by atomic mass is 10.2. The summed E-state index contributed by atoms with van der Waals surface area (Å²) in [5.41, 5.74) is 1.59. The lowest BCUT2D eigenvalue weighted by molar-refractivity contribution is -0.127. The summed E-state index contributed by atoms with van der Waals surface area (Å²) in [6.45, 7) is 1.95. The molecular weight excluding hydrogens is 472 g/mol. The number of aromatic nitrogens is 2. The fraction of sp³-hybridized carbons (Fsp3) is 0.350. The standard InChI is InChI=1S/C20H22N4O5S3/c1-23(12-15-5-10-30-13-15)18(25)14-31-20-22-21-19(29-20)16-3-2-4-17(11-16)32(26,27)24-6-8-28-9-7-24/h2-5,10-11,13H,6-9,12,14H2,1H3. The molecule has 0 radical (unpaired) electrons. The van der Waals surface area contributed by atoms with Gasteiger partial charge in [0, 0.05) is 32.2 Å². The zero-order chi connectivity index (χ0) is 22.6. The van der Waals surface area contributed by atoms with E-state index in [-0.39, 0.29) is 27.7 Å². The Balaban J connectivity index is 1.40. The maximum Gasteiger partial charge on any atom is 0.277 e. The van der Waals surface area contributed by atoms with Gasteiger partial charge in [0.15, 0.2) is 0 Å². The van der Waals surface area contributed by atoms with Crippen molar-refractivity contribution in [3.05, 3.63) is 46.7 Å². The maximum absolute atomic E-state index is 12.9. The number of ether oxygens (including phenoxy) is 1. The average Bonchev–Trinajstić information content (AvgIpc) is 3.50. The van der Waals surface area contributed by atoms with E-state index < -0.39 is 10.0 Å². The predicted molar refractivity (Wildman–Crippen MR) is 121 cm³/mol. The molecule has 1 aromatic carbocycles. The average molecular weight is 495 g/mol. The van der Waals surface area contributed by atoms with Crippen LogP contribution < -0.4 is 0 Å². The van der Waals surface area contributed by atoms with E-state index in [2.05, 4.69) is 10.2 Å². The van der Waals surface area contributed by atoms with Gasteiger partial charge in [0.25, 0.3) is 5.22 Å². The summed E-state index contributed by atoms with van der Waals surface area (Å²) in [5, 5.41) is 12.2. The molecule has 4 rings (SSSR count). The molecule has 3 heterocycles. The van der Waals surface area contributed by atoms with E-state index in [0.29, 0.717) is 38.4 Å². The van der Waals surface area contributed by atoms with Gasteiger partial charge in [-0.3, -0.25) is 4.79 Å². The molecule has 1 fully saturated rings. The number of hydrogen-bond donors (Lipinski definition) is 0. The molecule has 0 saturated carbocycles. The Kier molecular flexibility index (Phi) is 7.26. The molecule has 0 unspecified atom stereocenters. The SMILES string of the molecule is CN(Cc1ccsc1)C(=O)CSc1nnc(-c2cccc(S(=O)(=O)N3CCOCC3)c2)o1. The number of hydrogen-bond acceptors (Lipinski definition) is 9. The molecule has 1 amide bonds. The van der Waals surface area contributed by atoms with E-state index >= 15 is 0 Å². The van der Waals surface area contributed by atoms with Crippen LogP contribution in [0.15, 0.2) is 55.6 Å². The summed E-state index contributed by atoms with van der Waals surface area (Å²) in [5.74, 6) is 0.304. The highest BCUT2D eigenvalue weighted by atomic mass is 32.2. The molecule has 2 aromatic heterocycles. The van der Waals surface area contributed by atoms with Gasteiger partial charge >= 0.3 is 0 Å². The summed E-state index contributed by atoms with van der Waals surface area (Å²) in [7, 11) is -1.88. The van der Waals surface area contributed by atoms with E-state index in [9.17, 15) is 13.2 Å². The molecule has 1 aliphatic heterocycles. The van der Waals surface area contributed by atoms with E-state index in [4.69, 9.17) is 9.15 Å². The van der Waals surface area contributed by atoms with Crippen molar-refractivity contribution < 1.29 is 22.4 Å². The Labute approximate surface area is 194 Å². The second kappa shape index (κ2) is 10.1. The minimum atomic E-state index is -3.63. The fourth-order valence-corrected chi connectivity index (χ4v) is 5.91. The monoisotopic (exact) mass is 494 g/mol. The minimum absolute atomic E-state index is 0.0560. The highest BCUT2D eigenvalue weighted by Crippen LogP contribution is 2.26. The number of benzene rings is 1. The van der Waals surface area contributed by atoms with Crippen molar-refractivity contribution in [2.24, 2.45) is 0 Å². The van der Waals surface area contributed by atoms with Crippen molar-refractivity contribution in [1.29, 1.82) is 0 Å². The van der Waals surface area contributed by atoms with Crippen LogP contribution in [0.2, 0.25) is 0 Å². The second-order valence-corrected chi connectivity index (χ2v) is 10.7. The quantitative estimate of drug-likeness (QED) is 0.440.